The average Bonchev–Trinajstić information content (AvgIpc) is 3.04. The minimum Gasteiger partial charge on any atom is -0.384 e. The van der Waals surface area contributed by atoms with E-state index >= 15 is 0 Å². The molecule has 0 unspecified atom stereocenters. The number of rotatable bonds is 4. The summed E-state index contributed by atoms with van der Waals surface area (Å²) in [5.74, 6) is 2.10. The highest BCUT2D eigenvalue weighted by atomic mass is 16.5. The maximum atomic E-state index is 5.36. The maximum Gasteiger partial charge on any atom is 0.257 e. The molecule has 0 saturated carbocycles. The first-order valence-corrected chi connectivity index (χ1v) is 6.92. The monoisotopic (exact) mass is 257 g/mol. The molecule has 2 aromatic rings. The number of benzene rings is 1. The summed E-state index contributed by atoms with van der Waals surface area (Å²) >= 11 is 0. The van der Waals surface area contributed by atoms with E-state index < -0.39 is 0 Å². The molecule has 0 fully saturated rings. The van der Waals surface area contributed by atoms with Gasteiger partial charge >= 0.3 is 0 Å². The largest absolute Gasteiger partial charge is 0.384 e. The summed E-state index contributed by atoms with van der Waals surface area (Å²) in [4.78, 5) is 4.48. The van der Waals surface area contributed by atoms with Crippen molar-refractivity contribution < 1.29 is 4.52 Å². The Hall–Kier alpha value is -1.84. The molecule has 4 heteroatoms. The van der Waals surface area contributed by atoms with Gasteiger partial charge in [0.15, 0.2) is 5.82 Å². The van der Waals surface area contributed by atoms with Crippen LogP contribution in [0.1, 0.15) is 31.7 Å². The van der Waals surface area contributed by atoms with E-state index in [0.717, 1.165) is 37.2 Å². The van der Waals surface area contributed by atoms with Crippen LogP contribution in [-0.4, -0.2) is 16.7 Å². The Morgan fingerprint density at radius 1 is 1.37 bits per heavy atom. The van der Waals surface area contributed by atoms with Gasteiger partial charge < -0.3 is 9.84 Å². The molecule has 0 aliphatic carbocycles. The van der Waals surface area contributed by atoms with Crippen molar-refractivity contribution in [3.63, 3.8) is 0 Å². The smallest absolute Gasteiger partial charge is 0.257 e. The second-order valence-electron chi connectivity index (χ2n) is 5.50. The van der Waals surface area contributed by atoms with Gasteiger partial charge in [-0.15, -0.1) is 0 Å². The third kappa shape index (κ3) is 2.62. The molecule has 1 aliphatic heterocycles. The van der Waals surface area contributed by atoms with Crippen molar-refractivity contribution in [2.75, 3.05) is 11.9 Å². The van der Waals surface area contributed by atoms with E-state index in [4.69, 9.17) is 4.52 Å². The van der Waals surface area contributed by atoms with Crippen LogP contribution in [0.25, 0.3) is 11.5 Å². The van der Waals surface area contributed by atoms with Gasteiger partial charge in [0.2, 0.25) is 0 Å². The molecule has 2 heterocycles. The van der Waals surface area contributed by atoms with Gasteiger partial charge in [-0.2, -0.15) is 4.98 Å². The lowest BCUT2D eigenvalue weighted by molar-refractivity contribution is 0.419. The molecule has 19 heavy (non-hydrogen) atoms. The Morgan fingerprint density at radius 2 is 2.26 bits per heavy atom. The highest BCUT2D eigenvalue weighted by Gasteiger charge is 2.14. The minimum atomic E-state index is 0.633. The fourth-order valence-electron chi connectivity index (χ4n) is 2.33. The Bertz CT molecular complexity index is 575. The summed E-state index contributed by atoms with van der Waals surface area (Å²) in [6.07, 6.45) is 3.04. The normalized spacial score (nSPS) is 13.6. The lowest BCUT2D eigenvalue weighted by atomic mass is 10.1. The maximum absolute atomic E-state index is 5.36. The molecule has 0 saturated heterocycles. The molecule has 1 aliphatic rings. The van der Waals surface area contributed by atoms with Crippen LogP contribution in [0.15, 0.2) is 22.7 Å². The van der Waals surface area contributed by atoms with Gasteiger partial charge in [0, 0.05) is 24.2 Å². The van der Waals surface area contributed by atoms with Crippen molar-refractivity contribution in [3.05, 3.63) is 29.6 Å². The van der Waals surface area contributed by atoms with Crippen LogP contribution in [0.2, 0.25) is 0 Å². The number of hydrogen-bond donors (Lipinski definition) is 1. The second-order valence-corrected chi connectivity index (χ2v) is 5.50. The lowest BCUT2D eigenvalue weighted by Gasteiger charge is -2.00. The van der Waals surface area contributed by atoms with E-state index in [1.807, 2.05) is 6.07 Å². The SMILES string of the molecule is CC(C)CCc1noc(-c2ccc3c(c2)CCN3)n1. The molecule has 0 spiro atoms. The Labute approximate surface area is 113 Å². The highest BCUT2D eigenvalue weighted by molar-refractivity contribution is 5.64. The minimum absolute atomic E-state index is 0.633. The molecule has 1 N–H and O–H groups in total. The Morgan fingerprint density at radius 3 is 3.11 bits per heavy atom. The van der Waals surface area contributed by atoms with Crippen molar-refractivity contribution in [2.24, 2.45) is 5.92 Å². The van der Waals surface area contributed by atoms with Crippen LogP contribution >= 0.6 is 0 Å². The first kappa shape index (κ1) is 12.2. The molecular formula is C15H19N3O. The van der Waals surface area contributed by atoms with Gasteiger partial charge in [0.25, 0.3) is 5.89 Å². The van der Waals surface area contributed by atoms with E-state index in [2.05, 4.69) is 41.4 Å². The van der Waals surface area contributed by atoms with Gasteiger partial charge in [-0.25, -0.2) is 0 Å². The Kier molecular flexibility index (Phi) is 3.23. The molecule has 1 aromatic carbocycles. The van der Waals surface area contributed by atoms with E-state index in [9.17, 15) is 0 Å². The molecule has 100 valence electrons. The number of anilines is 1. The number of aromatic nitrogens is 2. The quantitative estimate of drug-likeness (QED) is 0.913. The zero-order valence-corrected chi connectivity index (χ0v) is 11.4. The molecule has 3 rings (SSSR count). The zero-order valence-electron chi connectivity index (χ0n) is 11.4. The fourth-order valence-corrected chi connectivity index (χ4v) is 2.33. The van der Waals surface area contributed by atoms with Crippen LogP contribution in [0.3, 0.4) is 0 Å². The molecule has 0 bridgehead atoms. The van der Waals surface area contributed by atoms with E-state index in [1.165, 1.54) is 11.3 Å². The van der Waals surface area contributed by atoms with Gasteiger partial charge in [0.1, 0.15) is 0 Å². The van der Waals surface area contributed by atoms with E-state index in [-0.39, 0.29) is 0 Å². The molecular weight excluding hydrogens is 238 g/mol. The molecule has 1 aromatic heterocycles. The molecule has 0 atom stereocenters. The topological polar surface area (TPSA) is 51.0 Å². The van der Waals surface area contributed by atoms with Crippen LogP contribution < -0.4 is 5.32 Å². The number of nitrogens with one attached hydrogen (secondary N) is 1. The van der Waals surface area contributed by atoms with Crippen LogP contribution in [0.5, 0.6) is 0 Å². The molecule has 0 amide bonds. The summed E-state index contributed by atoms with van der Waals surface area (Å²) < 4.78 is 5.36. The standard InChI is InChI=1S/C15H19N3O/c1-10(2)3-6-14-17-15(19-18-14)12-4-5-13-11(9-12)7-8-16-13/h4-5,9-10,16H,3,6-8H2,1-2H3. The fraction of sp³-hybridized carbons (Fsp3) is 0.467. The summed E-state index contributed by atoms with van der Waals surface area (Å²) in [6, 6.07) is 6.28. The number of fused-ring (bicyclic) bond motifs is 1. The average molecular weight is 257 g/mol. The van der Waals surface area contributed by atoms with Gasteiger partial charge in [0.05, 0.1) is 0 Å². The summed E-state index contributed by atoms with van der Waals surface area (Å²) in [5, 5.41) is 7.41. The van der Waals surface area contributed by atoms with Gasteiger partial charge in [-0.05, 0) is 42.5 Å². The zero-order chi connectivity index (χ0) is 13.2. The van der Waals surface area contributed by atoms with Crippen LogP contribution in [0.4, 0.5) is 5.69 Å². The van der Waals surface area contributed by atoms with Crippen molar-refractivity contribution in [1.29, 1.82) is 0 Å². The summed E-state index contributed by atoms with van der Waals surface area (Å²) in [6.45, 7) is 5.42. The van der Waals surface area contributed by atoms with Crippen molar-refractivity contribution in [1.82, 2.24) is 10.1 Å². The van der Waals surface area contributed by atoms with Crippen molar-refractivity contribution in [3.8, 4) is 11.5 Å². The first-order chi connectivity index (χ1) is 9.22. The van der Waals surface area contributed by atoms with Crippen molar-refractivity contribution >= 4 is 5.69 Å². The predicted octanol–water partition coefficient (Wildman–Crippen LogP) is 3.29. The second kappa shape index (κ2) is 5.03. The first-order valence-electron chi connectivity index (χ1n) is 6.92. The van der Waals surface area contributed by atoms with Gasteiger partial charge in [-0.1, -0.05) is 19.0 Å². The molecule has 4 nitrogen and oxygen atoms in total. The summed E-state index contributed by atoms with van der Waals surface area (Å²) in [5.41, 5.74) is 3.58. The number of nitrogens with zero attached hydrogens (tertiary/aromatic N) is 2. The molecule has 0 radical (unpaired) electrons. The van der Waals surface area contributed by atoms with Gasteiger partial charge in [-0.3, -0.25) is 0 Å². The van der Waals surface area contributed by atoms with Crippen molar-refractivity contribution in [2.45, 2.75) is 33.1 Å². The number of aryl methyl sites for hydroxylation is 1. The van der Waals surface area contributed by atoms with Crippen LogP contribution in [-0.2, 0) is 12.8 Å². The lowest BCUT2D eigenvalue weighted by Crippen LogP contribution is -1.94. The van der Waals surface area contributed by atoms with E-state index in [1.54, 1.807) is 0 Å². The highest BCUT2D eigenvalue weighted by Crippen LogP contribution is 2.27. The predicted molar refractivity (Wildman–Crippen MR) is 75.1 cm³/mol. The Balaban J connectivity index is 1.79. The van der Waals surface area contributed by atoms with Crippen LogP contribution in [0, 0.1) is 5.92 Å². The number of hydrogen-bond acceptors (Lipinski definition) is 4. The third-order valence-corrected chi connectivity index (χ3v) is 3.48. The summed E-state index contributed by atoms with van der Waals surface area (Å²) in [7, 11) is 0. The van der Waals surface area contributed by atoms with E-state index in [0.29, 0.717) is 11.8 Å². The third-order valence-electron chi connectivity index (χ3n) is 3.48.